The fraction of sp³-hybridized carbons (Fsp3) is 1.00. The van der Waals surface area contributed by atoms with Crippen LogP contribution in [0, 0.1) is 29.6 Å². The van der Waals surface area contributed by atoms with Gasteiger partial charge in [0.05, 0.1) is 0 Å². The molecule has 88 valence electrons. The Hall–Kier alpha value is -0.0800. The summed E-state index contributed by atoms with van der Waals surface area (Å²) in [7, 11) is 0. The zero-order chi connectivity index (χ0) is 11.0. The Morgan fingerprint density at radius 2 is 1.67 bits per heavy atom. The first-order valence-corrected chi connectivity index (χ1v) is 6.59. The van der Waals surface area contributed by atoms with E-state index in [0.29, 0.717) is 6.04 Å². The van der Waals surface area contributed by atoms with Crippen molar-refractivity contribution in [2.45, 2.75) is 52.5 Å². The molecule has 0 aliphatic heterocycles. The molecule has 15 heavy (non-hydrogen) atoms. The van der Waals surface area contributed by atoms with Crippen LogP contribution in [0.15, 0.2) is 0 Å². The first-order valence-electron chi connectivity index (χ1n) is 6.59. The average Bonchev–Trinajstić information content (AvgIpc) is 2.90. The highest BCUT2D eigenvalue weighted by Crippen LogP contribution is 2.46. The van der Waals surface area contributed by atoms with Crippen LogP contribution in [-0.4, -0.2) is 6.04 Å². The first kappa shape index (κ1) is 11.4. The SMILES string of the molecule is CC1CCC(C(NN)C2CC2C)CC1C. The summed E-state index contributed by atoms with van der Waals surface area (Å²) in [4.78, 5) is 0. The largest absolute Gasteiger partial charge is 0.271 e. The molecule has 0 amide bonds. The number of nitrogens with one attached hydrogen (secondary N) is 1. The van der Waals surface area contributed by atoms with Gasteiger partial charge in [0.15, 0.2) is 0 Å². The minimum Gasteiger partial charge on any atom is -0.271 e. The van der Waals surface area contributed by atoms with E-state index in [1.165, 1.54) is 25.7 Å². The predicted molar refractivity (Wildman–Crippen MR) is 64.1 cm³/mol. The van der Waals surface area contributed by atoms with Crippen LogP contribution < -0.4 is 11.3 Å². The van der Waals surface area contributed by atoms with Crippen molar-refractivity contribution in [3.05, 3.63) is 0 Å². The first-order chi connectivity index (χ1) is 7.13. The lowest BCUT2D eigenvalue weighted by molar-refractivity contribution is 0.159. The smallest absolute Gasteiger partial charge is 0.0269 e. The topological polar surface area (TPSA) is 38.0 Å². The maximum absolute atomic E-state index is 5.74. The van der Waals surface area contributed by atoms with Gasteiger partial charge in [-0.3, -0.25) is 11.3 Å². The minimum absolute atomic E-state index is 0.593. The number of rotatable bonds is 3. The van der Waals surface area contributed by atoms with Crippen molar-refractivity contribution >= 4 is 0 Å². The van der Waals surface area contributed by atoms with E-state index in [9.17, 15) is 0 Å². The van der Waals surface area contributed by atoms with Crippen LogP contribution in [0.25, 0.3) is 0 Å². The molecule has 6 atom stereocenters. The van der Waals surface area contributed by atoms with Crippen molar-refractivity contribution in [1.82, 2.24) is 5.43 Å². The van der Waals surface area contributed by atoms with E-state index in [1.54, 1.807) is 0 Å². The fourth-order valence-electron chi connectivity index (χ4n) is 3.38. The van der Waals surface area contributed by atoms with Crippen LogP contribution in [0.5, 0.6) is 0 Å². The monoisotopic (exact) mass is 210 g/mol. The molecule has 0 heterocycles. The lowest BCUT2D eigenvalue weighted by Gasteiger charge is -2.36. The molecule has 0 radical (unpaired) electrons. The molecule has 2 aliphatic rings. The molecule has 2 saturated carbocycles. The number of nitrogens with two attached hydrogens (primary N) is 1. The van der Waals surface area contributed by atoms with Gasteiger partial charge >= 0.3 is 0 Å². The molecule has 0 saturated heterocycles. The van der Waals surface area contributed by atoms with Crippen molar-refractivity contribution in [1.29, 1.82) is 0 Å². The van der Waals surface area contributed by atoms with Gasteiger partial charge in [-0.15, -0.1) is 0 Å². The fourth-order valence-corrected chi connectivity index (χ4v) is 3.38. The number of hydrogen-bond acceptors (Lipinski definition) is 2. The molecular weight excluding hydrogens is 184 g/mol. The van der Waals surface area contributed by atoms with Gasteiger partial charge in [0.2, 0.25) is 0 Å². The molecule has 0 bridgehead atoms. The van der Waals surface area contributed by atoms with E-state index in [-0.39, 0.29) is 0 Å². The zero-order valence-electron chi connectivity index (χ0n) is 10.4. The molecule has 3 N–H and O–H groups in total. The van der Waals surface area contributed by atoms with Crippen LogP contribution in [0.4, 0.5) is 0 Å². The quantitative estimate of drug-likeness (QED) is 0.555. The van der Waals surface area contributed by atoms with Gasteiger partial charge in [0.25, 0.3) is 0 Å². The third-order valence-electron chi connectivity index (χ3n) is 4.97. The maximum atomic E-state index is 5.74. The van der Waals surface area contributed by atoms with Crippen molar-refractivity contribution in [3.63, 3.8) is 0 Å². The predicted octanol–water partition coefficient (Wildman–Crippen LogP) is 2.55. The molecule has 2 rings (SSSR count). The molecule has 0 spiro atoms. The molecule has 2 aliphatic carbocycles. The van der Waals surface area contributed by atoms with Crippen molar-refractivity contribution < 1.29 is 0 Å². The Labute approximate surface area is 94.0 Å². The van der Waals surface area contributed by atoms with E-state index in [4.69, 9.17) is 5.84 Å². The second kappa shape index (κ2) is 4.42. The summed E-state index contributed by atoms with van der Waals surface area (Å²) in [6.07, 6.45) is 5.53. The second-order valence-corrected chi connectivity index (χ2v) is 6.10. The van der Waals surface area contributed by atoms with Gasteiger partial charge in [0, 0.05) is 6.04 Å². The molecular formula is C13H26N2. The van der Waals surface area contributed by atoms with Gasteiger partial charge < -0.3 is 0 Å². The summed E-state index contributed by atoms with van der Waals surface area (Å²) in [5.41, 5.74) is 3.10. The maximum Gasteiger partial charge on any atom is 0.0269 e. The lowest BCUT2D eigenvalue weighted by atomic mass is 9.72. The van der Waals surface area contributed by atoms with Crippen LogP contribution in [0.1, 0.15) is 46.5 Å². The van der Waals surface area contributed by atoms with Gasteiger partial charge in [-0.2, -0.15) is 0 Å². The van der Waals surface area contributed by atoms with Gasteiger partial charge in [-0.1, -0.05) is 27.2 Å². The minimum atomic E-state index is 0.593. The Balaban J connectivity index is 1.91. The third kappa shape index (κ3) is 2.36. The standard InChI is InChI=1S/C13H26N2/c1-8-4-5-11(6-9(8)2)13(15-14)12-7-10(12)3/h8-13,15H,4-7,14H2,1-3H3. The van der Waals surface area contributed by atoms with Gasteiger partial charge in [0.1, 0.15) is 0 Å². The normalized spacial score (nSPS) is 47.6. The Kier molecular flexibility index (Phi) is 3.36. The van der Waals surface area contributed by atoms with Crippen molar-refractivity contribution in [2.24, 2.45) is 35.4 Å². The summed E-state index contributed by atoms with van der Waals surface area (Å²) in [6, 6.07) is 0.593. The van der Waals surface area contributed by atoms with Crippen LogP contribution >= 0.6 is 0 Å². The molecule has 0 aromatic carbocycles. The molecule has 2 heteroatoms. The average molecular weight is 210 g/mol. The summed E-state index contributed by atoms with van der Waals surface area (Å²) in [5, 5.41) is 0. The molecule has 6 unspecified atom stereocenters. The van der Waals surface area contributed by atoms with E-state index < -0.39 is 0 Å². The Morgan fingerprint density at radius 3 is 2.13 bits per heavy atom. The Bertz CT molecular complexity index is 217. The second-order valence-electron chi connectivity index (χ2n) is 6.10. The summed E-state index contributed by atoms with van der Waals surface area (Å²) >= 11 is 0. The van der Waals surface area contributed by atoms with E-state index >= 15 is 0 Å². The van der Waals surface area contributed by atoms with E-state index in [0.717, 1.165) is 29.6 Å². The van der Waals surface area contributed by atoms with Crippen molar-refractivity contribution in [2.75, 3.05) is 0 Å². The molecule has 0 aromatic rings. The van der Waals surface area contributed by atoms with E-state index in [1.807, 2.05) is 0 Å². The van der Waals surface area contributed by atoms with Crippen molar-refractivity contribution in [3.8, 4) is 0 Å². The highest BCUT2D eigenvalue weighted by Gasteiger charge is 2.43. The Morgan fingerprint density at radius 1 is 1.00 bits per heavy atom. The van der Waals surface area contributed by atoms with Crippen LogP contribution in [0.2, 0.25) is 0 Å². The molecule has 0 aromatic heterocycles. The van der Waals surface area contributed by atoms with E-state index in [2.05, 4.69) is 26.2 Å². The lowest BCUT2D eigenvalue weighted by Crippen LogP contribution is -2.45. The van der Waals surface area contributed by atoms with Crippen LogP contribution in [-0.2, 0) is 0 Å². The zero-order valence-corrected chi connectivity index (χ0v) is 10.4. The highest BCUT2D eigenvalue weighted by molar-refractivity contribution is 4.96. The summed E-state index contributed by atoms with van der Waals surface area (Å²) in [6.45, 7) is 7.15. The highest BCUT2D eigenvalue weighted by atomic mass is 15.2. The number of hydrogen-bond donors (Lipinski definition) is 2. The third-order valence-corrected chi connectivity index (χ3v) is 4.97. The van der Waals surface area contributed by atoms with Crippen LogP contribution in [0.3, 0.4) is 0 Å². The summed E-state index contributed by atoms with van der Waals surface area (Å²) in [5.74, 6) is 10.1. The molecule has 2 nitrogen and oxygen atoms in total. The van der Waals surface area contributed by atoms with Gasteiger partial charge in [-0.05, 0) is 48.9 Å². The van der Waals surface area contributed by atoms with Gasteiger partial charge in [-0.25, -0.2) is 0 Å². The number of hydrazine groups is 1. The molecule has 2 fully saturated rings. The summed E-state index contributed by atoms with van der Waals surface area (Å²) < 4.78 is 0.